The predicted molar refractivity (Wildman–Crippen MR) is 83.0 cm³/mol. The van der Waals surface area contributed by atoms with Crippen molar-refractivity contribution in [1.82, 2.24) is 9.97 Å². The molecule has 4 N–H and O–H groups in total. The van der Waals surface area contributed by atoms with Gasteiger partial charge in [-0.15, -0.1) is 0 Å². The fourth-order valence-electron chi connectivity index (χ4n) is 2.10. The lowest BCUT2D eigenvalue weighted by Gasteiger charge is -2.13. The number of nitrogen functional groups attached to an aromatic ring is 2. The number of hydrogen-bond donors (Lipinski definition) is 2. The zero-order valence-electron chi connectivity index (χ0n) is 12.1. The Morgan fingerprint density at radius 3 is 2.14 bits per heavy atom. The molecule has 1 aromatic heterocycles. The van der Waals surface area contributed by atoms with Gasteiger partial charge in [0.15, 0.2) is 0 Å². The van der Waals surface area contributed by atoms with E-state index in [0.29, 0.717) is 12.0 Å². The smallest absolute Gasteiger partial charge is 0.223 e. The molecule has 6 nitrogen and oxygen atoms in total. The minimum absolute atomic E-state index is 0.0558. The highest BCUT2D eigenvalue weighted by Gasteiger charge is 2.14. The quantitative estimate of drug-likeness (QED) is 0.841. The SMILES string of the molecule is COc1cc(Cc2c(N)nc(N)nc2Cl)cc(OC)c1C. The molecular weight excluding hydrogens is 292 g/mol. The topological polar surface area (TPSA) is 96.3 Å². The maximum absolute atomic E-state index is 6.09. The van der Waals surface area contributed by atoms with Crippen LogP contribution < -0.4 is 20.9 Å². The summed E-state index contributed by atoms with van der Waals surface area (Å²) < 4.78 is 10.7. The number of benzene rings is 1. The molecule has 0 spiro atoms. The van der Waals surface area contributed by atoms with Crippen molar-refractivity contribution in [1.29, 1.82) is 0 Å². The van der Waals surface area contributed by atoms with Gasteiger partial charge in [0.2, 0.25) is 5.95 Å². The van der Waals surface area contributed by atoms with E-state index in [0.717, 1.165) is 22.6 Å². The van der Waals surface area contributed by atoms with Crippen molar-refractivity contribution in [2.75, 3.05) is 25.7 Å². The molecule has 112 valence electrons. The van der Waals surface area contributed by atoms with Gasteiger partial charge in [-0.3, -0.25) is 0 Å². The molecule has 0 atom stereocenters. The van der Waals surface area contributed by atoms with Gasteiger partial charge in [0.1, 0.15) is 22.5 Å². The Hall–Kier alpha value is -2.21. The van der Waals surface area contributed by atoms with Gasteiger partial charge in [-0.2, -0.15) is 4.98 Å². The second-order valence-electron chi connectivity index (χ2n) is 4.54. The van der Waals surface area contributed by atoms with Gasteiger partial charge in [-0.05, 0) is 24.6 Å². The second-order valence-corrected chi connectivity index (χ2v) is 4.90. The highest BCUT2D eigenvalue weighted by atomic mass is 35.5. The Morgan fingerprint density at radius 2 is 1.67 bits per heavy atom. The summed E-state index contributed by atoms with van der Waals surface area (Å²) in [7, 11) is 3.22. The standard InChI is InChI=1S/C14H17ClN4O2/c1-7-10(20-2)5-8(6-11(7)21-3)4-9-12(15)18-14(17)19-13(9)16/h5-6H,4H2,1-3H3,(H4,16,17,18,19). The predicted octanol–water partition coefficient (Wildman–Crippen LogP) is 2.21. The van der Waals surface area contributed by atoms with Crippen LogP contribution in [0.3, 0.4) is 0 Å². The molecule has 0 unspecified atom stereocenters. The molecule has 0 aliphatic carbocycles. The van der Waals surface area contributed by atoms with Crippen molar-refractivity contribution >= 4 is 23.4 Å². The molecule has 1 aromatic carbocycles. The fraction of sp³-hybridized carbons (Fsp3) is 0.286. The van der Waals surface area contributed by atoms with Gasteiger partial charge in [0.25, 0.3) is 0 Å². The summed E-state index contributed by atoms with van der Waals surface area (Å²) >= 11 is 6.09. The molecule has 0 fully saturated rings. The average Bonchev–Trinajstić information content (AvgIpc) is 2.44. The highest BCUT2D eigenvalue weighted by Crippen LogP contribution is 2.32. The van der Waals surface area contributed by atoms with Crippen LogP contribution in [0.1, 0.15) is 16.7 Å². The van der Waals surface area contributed by atoms with Crippen molar-refractivity contribution in [2.45, 2.75) is 13.3 Å². The van der Waals surface area contributed by atoms with Gasteiger partial charge < -0.3 is 20.9 Å². The Labute approximate surface area is 128 Å². The Balaban J connectivity index is 2.45. The monoisotopic (exact) mass is 308 g/mol. The van der Waals surface area contributed by atoms with E-state index in [9.17, 15) is 0 Å². The third-order valence-electron chi connectivity index (χ3n) is 3.20. The molecule has 0 saturated heterocycles. The number of nitrogens with two attached hydrogens (primary N) is 2. The number of methoxy groups -OCH3 is 2. The molecule has 0 aliphatic rings. The van der Waals surface area contributed by atoms with Crippen molar-refractivity contribution in [3.63, 3.8) is 0 Å². The van der Waals surface area contributed by atoms with E-state index >= 15 is 0 Å². The number of anilines is 2. The van der Waals surface area contributed by atoms with E-state index in [4.69, 9.17) is 32.5 Å². The van der Waals surface area contributed by atoms with E-state index in [-0.39, 0.29) is 16.9 Å². The van der Waals surface area contributed by atoms with E-state index in [1.807, 2.05) is 19.1 Å². The number of rotatable bonds is 4. The average molecular weight is 309 g/mol. The minimum atomic E-state index is 0.0558. The van der Waals surface area contributed by atoms with E-state index in [1.165, 1.54) is 0 Å². The zero-order chi connectivity index (χ0) is 15.6. The first-order valence-electron chi connectivity index (χ1n) is 6.25. The number of nitrogens with zero attached hydrogens (tertiary/aromatic N) is 2. The van der Waals surface area contributed by atoms with Gasteiger partial charge in [0.05, 0.1) is 14.2 Å². The lowest BCUT2D eigenvalue weighted by Crippen LogP contribution is -2.06. The van der Waals surface area contributed by atoms with E-state index < -0.39 is 0 Å². The first-order chi connectivity index (χ1) is 9.96. The van der Waals surface area contributed by atoms with Crippen LogP contribution in [0.2, 0.25) is 5.15 Å². The molecule has 0 amide bonds. The fourth-order valence-corrected chi connectivity index (χ4v) is 2.35. The first-order valence-corrected chi connectivity index (χ1v) is 6.63. The summed E-state index contributed by atoms with van der Waals surface area (Å²) in [6, 6.07) is 3.81. The number of hydrogen-bond acceptors (Lipinski definition) is 6. The zero-order valence-corrected chi connectivity index (χ0v) is 12.9. The number of ether oxygens (including phenoxy) is 2. The van der Waals surface area contributed by atoms with Crippen molar-refractivity contribution < 1.29 is 9.47 Å². The molecule has 21 heavy (non-hydrogen) atoms. The molecule has 2 aromatic rings. The number of halogens is 1. The van der Waals surface area contributed by atoms with Crippen LogP contribution in [-0.4, -0.2) is 24.2 Å². The van der Waals surface area contributed by atoms with Crippen molar-refractivity contribution in [3.05, 3.63) is 34.0 Å². The molecule has 0 bridgehead atoms. The first kappa shape index (κ1) is 15.2. The third-order valence-corrected chi connectivity index (χ3v) is 3.51. The molecule has 2 rings (SSSR count). The second kappa shape index (κ2) is 6.05. The lowest BCUT2D eigenvalue weighted by molar-refractivity contribution is 0.388. The van der Waals surface area contributed by atoms with Crippen LogP contribution in [0, 0.1) is 6.92 Å². The Morgan fingerprint density at radius 1 is 1.10 bits per heavy atom. The van der Waals surface area contributed by atoms with Crippen LogP contribution >= 0.6 is 11.6 Å². The minimum Gasteiger partial charge on any atom is -0.496 e. The van der Waals surface area contributed by atoms with Crippen molar-refractivity contribution in [3.8, 4) is 11.5 Å². The largest absolute Gasteiger partial charge is 0.496 e. The van der Waals surface area contributed by atoms with Crippen molar-refractivity contribution in [2.24, 2.45) is 0 Å². The summed E-state index contributed by atoms with van der Waals surface area (Å²) in [5, 5.41) is 0.249. The Bertz CT molecular complexity index is 628. The van der Waals surface area contributed by atoms with Crippen LogP contribution in [-0.2, 0) is 6.42 Å². The Kier molecular flexibility index (Phi) is 4.37. The maximum Gasteiger partial charge on any atom is 0.223 e. The van der Waals surface area contributed by atoms with Gasteiger partial charge in [-0.1, -0.05) is 11.6 Å². The van der Waals surface area contributed by atoms with Crippen LogP contribution in [0.5, 0.6) is 11.5 Å². The molecule has 0 aliphatic heterocycles. The lowest BCUT2D eigenvalue weighted by atomic mass is 10.0. The summed E-state index contributed by atoms with van der Waals surface area (Å²) in [5.41, 5.74) is 13.8. The normalized spacial score (nSPS) is 10.5. The third kappa shape index (κ3) is 3.11. The molecule has 1 heterocycles. The maximum atomic E-state index is 6.09. The molecular formula is C14H17ClN4O2. The molecule has 7 heteroatoms. The van der Waals surface area contributed by atoms with E-state index in [2.05, 4.69) is 9.97 Å². The summed E-state index contributed by atoms with van der Waals surface area (Å²) in [4.78, 5) is 7.85. The van der Waals surface area contributed by atoms with E-state index in [1.54, 1.807) is 14.2 Å². The van der Waals surface area contributed by atoms with Crippen LogP contribution in [0.15, 0.2) is 12.1 Å². The molecule has 0 saturated carbocycles. The summed E-state index contributed by atoms with van der Waals surface area (Å²) in [5.74, 6) is 1.79. The van der Waals surface area contributed by atoms with Gasteiger partial charge in [-0.25, -0.2) is 4.98 Å². The number of aromatic nitrogens is 2. The summed E-state index contributed by atoms with van der Waals surface area (Å²) in [6.45, 7) is 1.93. The van der Waals surface area contributed by atoms with Crippen LogP contribution in [0.4, 0.5) is 11.8 Å². The summed E-state index contributed by atoms with van der Waals surface area (Å²) in [6.07, 6.45) is 0.456. The van der Waals surface area contributed by atoms with Gasteiger partial charge in [0, 0.05) is 17.5 Å². The van der Waals surface area contributed by atoms with Gasteiger partial charge >= 0.3 is 0 Å². The van der Waals surface area contributed by atoms with Crippen LogP contribution in [0.25, 0.3) is 0 Å². The highest BCUT2D eigenvalue weighted by molar-refractivity contribution is 6.30. The molecule has 0 radical (unpaired) electrons.